The zero-order valence-corrected chi connectivity index (χ0v) is 20.2. The van der Waals surface area contributed by atoms with E-state index in [0.717, 1.165) is 28.1 Å². The highest BCUT2D eigenvalue weighted by molar-refractivity contribution is 6.02. The van der Waals surface area contributed by atoms with E-state index in [1.54, 1.807) is 24.3 Å². The van der Waals surface area contributed by atoms with Crippen molar-refractivity contribution in [1.29, 1.82) is 0 Å². The molecule has 0 N–H and O–H groups in total. The molecule has 0 atom stereocenters. The molecule has 0 aliphatic carbocycles. The third-order valence-electron chi connectivity index (χ3n) is 6.48. The van der Waals surface area contributed by atoms with Gasteiger partial charge in [-0.1, -0.05) is 55.1 Å². The van der Waals surface area contributed by atoms with Gasteiger partial charge in [0.15, 0.2) is 0 Å². The third-order valence-corrected chi connectivity index (χ3v) is 6.48. The predicted molar refractivity (Wildman–Crippen MR) is 135 cm³/mol. The number of fused-ring (bicyclic) bond motifs is 2. The Balaban J connectivity index is 1.27. The summed E-state index contributed by atoms with van der Waals surface area (Å²) in [5, 5.41) is 0.495. The van der Waals surface area contributed by atoms with Crippen LogP contribution in [0.3, 0.4) is 0 Å². The Kier molecular flexibility index (Phi) is 6.31. The lowest BCUT2D eigenvalue weighted by atomic mass is 9.85. The van der Waals surface area contributed by atoms with E-state index in [9.17, 15) is 19.2 Å². The molecular formula is C29H24N2O6. The van der Waals surface area contributed by atoms with Crippen LogP contribution in [-0.2, 0) is 30.4 Å². The van der Waals surface area contributed by atoms with E-state index in [1.807, 2.05) is 55.6 Å². The van der Waals surface area contributed by atoms with Gasteiger partial charge in [-0.15, -0.1) is 5.06 Å². The number of hydrogen-bond acceptors (Lipinski definition) is 7. The minimum Gasteiger partial charge on any atom is -0.426 e. The van der Waals surface area contributed by atoms with E-state index < -0.39 is 29.7 Å². The van der Waals surface area contributed by atoms with Crippen LogP contribution in [0.4, 0.5) is 11.4 Å². The van der Waals surface area contributed by atoms with E-state index in [1.165, 1.54) is 0 Å². The topological polar surface area (TPSA) is 93.2 Å². The molecule has 2 amide bonds. The summed E-state index contributed by atoms with van der Waals surface area (Å²) in [7, 11) is 1.97. The van der Waals surface area contributed by atoms with Crippen LogP contribution in [0.2, 0.25) is 0 Å². The first-order valence-corrected chi connectivity index (χ1v) is 11.8. The fourth-order valence-corrected chi connectivity index (χ4v) is 4.60. The molecule has 37 heavy (non-hydrogen) atoms. The number of imide groups is 1. The van der Waals surface area contributed by atoms with Gasteiger partial charge in [-0.25, -0.2) is 4.79 Å². The van der Waals surface area contributed by atoms with Crippen molar-refractivity contribution in [2.75, 3.05) is 11.9 Å². The Morgan fingerprint density at radius 2 is 1.41 bits per heavy atom. The van der Waals surface area contributed by atoms with E-state index in [4.69, 9.17) is 9.57 Å². The van der Waals surface area contributed by atoms with Crippen molar-refractivity contribution in [3.8, 4) is 5.75 Å². The van der Waals surface area contributed by atoms with Crippen LogP contribution in [-0.4, -0.2) is 35.9 Å². The molecule has 5 rings (SSSR count). The summed E-state index contributed by atoms with van der Waals surface area (Å²) in [6, 6.07) is 22.2. The maximum absolute atomic E-state index is 13.4. The maximum atomic E-state index is 13.4. The van der Waals surface area contributed by atoms with Crippen molar-refractivity contribution < 1.29 is 28.8 Å². The molecule has 0 spiro atoms. The lowest BCUT2D eigenvalue weighted by molar-refractivity contribution is -0.194. The van der Waals surface area contributed by atoms with Gasteiger partial charge in [-0.2, -0.15) is 0 Å². The van der Waals surface area contributed by atoms with Gasteiger partial charge in [0.1, 0.15) is 11.7 Å². The quantitative estimate of drug-likeness (QED) is 0.218. The highest BCUT2D eigenvalue weighted by atomic mass is 16.7. The van der Waals surface area contributed by atoms with Crippen molar-refractivity contribution in [1.82, 2.24) is 5.06 Å². The number of para-hydroxylation sites is 2. The van der Waals surface area contributed by atoms with Crippen molar-refractivity contribution >= 4 is 35.1 Å². The molecule has 2 heterocycles. The summed E-state index contributed by atoms with van der Waals surface area (Å²) in [6.45, 7) is 3.71. The van der Waals surface area contributed by atoms with Crippen LogP contribution in [0.5, 0.6) is 5.75 Å². The first-order chi connectivity index (χ1) is 17.8. The average molecular weight is 497 g/mol. The van der Waals surface area contributed by atoms with Gasteiger partial charge < -0.3 is 14.5 Å². The number of nitrogens with zero attached hydrogens (tertiary/aromatic N) is 2. The molecule has 2 aliphatic rings. The molecule has 0 saturated carbocycles. The maximum Gasteiger partial charge on any atom is 0.359 e. The van der Waals surface area contributed by atoms with Crippen molar-refractivity contribution in [3.05, 3.63) is 102 Å². The molecule has 0 bridgehead atoms. The van der Waals surface area contributed by atoms with Gasteiger partial charge in [0.25, 0.3) is 11.8 Å². The van der Waals surface area contributed by atoms with Gasteiger partial charge in [-0.3, -0.25) is 14.4 Å². The second-order valence-corrected chi connectivity index (χ2v) is 8.92. The summed E-state index contributed by atoms with van der Waals surface area (Å²) >= 11 is 0. The highest BCUT2D eigenvalue weighted by Gasteiger charge is 2.35. The molecule has 3 aromatic rings. The number of hydroxylamine groups is 2. The number of anilines is 2. The Hall–Kier alpha value is -4.72. The van der Waals surface area contributed by atoms with Gasteiger partial charge in [0, 0.05) is 43.3 Å². The highest BCUT2D eigenvalue weighted by Crippen LogP contribution is 2.45. The summed E-state index contributed by atoms with van der Waals surface area (Å²) in [5.74, 6) is -2.55. The fourth-order valence-electron chi connectivity index (χ4n) is 4.60. The number of carbonyl (C=O) groups is 4. The Morgan fingerprint density at radius 3 is 1.97 bits per heavy atom. The third kappa shape index (κ3) is 4.61. The normalized spacial score (nSPS) is 14.7. The van der Waals surface area contributed by atoms with Gasteiger partial charge in [0.2, 0.25) is 0 Å². The van der Waals surface area contributed by atoms with Crippen LogP contribution in [0.1, 0.15) is 35.4 Å². The Bertz CT molecular complexity index is 1360. The van der Waals surface area contributed by atoms with E-state index in [-0.39, 0.29) is 24.8 Å². The standard InChI is InChI=1S/C29H24N2O6/c1-18(28(34)37-31-25(32)15-16-26(31)33)17-19-11-13-20(14-12-19)36-29(35)27-21-7-3-5-9-23(21)30(2)24-10-6-4-8-22(24)27/h3-14,27H,1,15-17H2,2H3. The largest absolute Gasteiger partial charge is 0.426 e. The molecule has 2 aliphatic heterocycles. The zero-order chi connectivity index (χ0) is 26.1. The van der Waals surface area contributed by atoms with Crippen molar-refractivity contribution in [2.24, 2.45) is 0 Å². The molecule has 8 heteroatoms. The molecule has 0 unspecified atom stereocenters. The van der Waals surface area contributed by atoms with Gasteiger partial charge in [-0.05, 0) is 41.0 Å². The van der Waals surface area contributed by atoms with Crippen molar-refractivity contribution in [2.45, 2.75) is 25.2 Å². The molecule has 1 saturated heterocycles. The molecular weight excluding hydrogens is 472 g/mol. The second kappa shape index (κ2) is 9.73. The number of amides is 2. The van der Waals surface area contributed by atoms with E-state index in [2.05, 4.69) is 11.5 Å². The molecule has 186 valence electrons. The van der Waals surface area contributed by atoms with Crippen LogP contribution in [0, 0.1) is 0 Å². The molecule has 8 nitrogen and oxygen atoms in total. The molecule has 0 aromatic heterocycles. The van der Waals surface area contributed by atoms with Crippen LogP contribution in [0.15, 0.2) is 84.9 Å². The number of esters is 1. The fraction of sp³-hybridized carbons (Fsp3) is 0.172. The van der Waals surface area contributed by atoms with Gasteiger partial charge in [0.05, 0.1) is 0 Å². The zero-order valence-electron chi connectivity index (χ0n) is 20.2. The summed E-state index contributed by atoms with van der Waals surface area (Å²) in [4.78, 5) is 55.9. The lowest BCUT2D eigenvalue weighted by Crippen LogP contribution is -2.32. The summed E-state index contributed by atoms with van der Waals surface area (Å²) in [6.07, 6.45) is 0.181. The first kappa shape index (κ1) is 24.0. The van der Waals surface area contributed by atoms with Crippen LogP contribution in [0.25, 0.3) is 0 Å². The average Bonchev–Trinajstić information content (AvgIpc) is 3.22. The van der Waals surface area contributed by atoms with Crippen LogP contribution >= 0.6 is 0 Å². The number of ether oxygens (including phenoxy) is 1. The molecule has 1 fully saturated rings. The van der Waals surface area contributed by atoms with E-state index >= 15 is 0 Å². The Labute approximate surface area is 213 Å². The van der Waals surface area contributed by atoms with Gasteiger partial charge >= 0.3 is 11.9 Å². The minimum absolute atomic E-state index is 0.0213. The summed E-state index contributed by atoms with van der Waals surface area (Å²) < 4.78 is 5.77. The minimum atomic E-state index is -0.848. The number of rotatable bonds is 6. The van der Waals surface area contributed by atoms with E-state index in [0.29, 0.717) is 10.8 Å². The number of benzene rings is 3. The smallest absolute Gasteiger partial charge is 0.359 e. The SMILES string of the molecule is C=C(Cc1ccc(OC(=O)C2c3ccccc3N(C)c3ccccc32)cc1)C(=O)ON1C(=O)CCC1=O. The van der Waals surface area contributed by atoms with Crippen LogP contribution < -0.4 is 9.64 Å². The first-order valence-electron chi connectivity index (χ1n) is 11.8. The monoisotopic (exact) mass is 496 g/mol. The second-order valence-electron chi connectivity index (χ2n) is 8.92. The lowest BCUT2D eigenvalue weighted by Gasteiger charge is -2.34. The Morgan fingerprint density at radius 1 is 0.865 bits per heavy atom. The molecule has 3 aromatic carbocycles. The number of hydrogen-bond donors (Lipinski definition) is 0. The van der Waals surface area contributed by atoms with Crippen molar-refractivity contribution in [3.63, 3.8) is 0 Å². The summed E-state index contributed by atoms with van der Waals surface area (Å²) in [5.41, 5.74) is 4.43. The molecule has 0 radical (unpaired) electrons. The number of carbonyl (C=O) groups excluding carboxylic acids is 4. The predicted octanol–water partition coefficient (Wildman–Crippen LogP) is 4.21.